The molecule has 0 saturated carbocycles. The number of benzene rings is 2. The molecule has 0 atom stereocenters. The minimum atomic E-state index is -0.983. The van der Waals surface area contributed by atoms with Gasteiger partial charge < -0.3 is 9.84 Å². The minimum Gasteiger partial charge on any atom is -0.487 e. The number of aryl methyl sites for hydroxylation is 1. The summed E-state index contributed by atoms with van der Waals surface area (Å²) >= 11 is 1.59. The Morgan fingerprint density at radius 2 is 1.91 bits per heavy atom. The summed E-state index contributed by atoms with van der Waals surface area (Å²) in [5, 5.41) is 11.5. The molecule has 1 heterocycles. The van der Waals surface area contributed by atoms with E-state index >= 15 is 0 Å². The van der Waals surface area contributed by atoms with Crippen molar-refractivity contribution < 1.29 is 14.6 Å². The molecule has 1 aromatic heterocycles. The second kappa shape index (κ2) is 6.67. The molecule has 23 heavy (non-hydrogen) atoms. The number of carboxylic acids is 1. The average Bonchev–Trinajstić information content (AvgIpc) is 2.99. The fraction of sp³-hybridized carbons (Fsp3) is 0.105. The number of rotatable bonds is 5. The Morgan fingerprint density at radius 1 is 1.13 bits per heavy atom. The molecule has 3 nitrogen and oxygen atoms in total. The monoisotopic (exact) mass is 324 g/mol. The van der Waals surface area contributed by atoms with E-state index in [4.69, 9.17) is 4.74 Å². The molecule has 0 unspecified atom stereocenters. The van der Waals surface area contributed by atoms with Gasteiger partial charge in [0.25, 0.3) is 0 Å². The van der Waals surface area contributed by atoms with Crippen LogP contribution in [0.25, 0.3) is 10.4 Å². The van der Waals surface area contributed by atoms with Gasteiger partial charge in [-0.1, -0.05) is 36.4 Å². The topological polar surface area (TPSA) is 46.5 Å². The quantitative estimate of drug-likeness (QED) is 0.718. The maximum Gasteiger partial charge on any atom is 0.339 e. The number of aromatic carboxylic acids is 1. The standard InChI is InChI=1S/C19H16O3S/c1-13-10-17(23-12-13)15-8-5-9-16(19(20)21)18(15)22-11-14-6-3-2-4-7-14/h2-10,12H,11H2,1H3,(H,20,21). The van der Waals surface area contributed by atoms with Gasteiger partial charge in [0.1, 0.15) is 17.9 Å². The first-order chi connectivity index (χ1) is 11.1. The molecule has 0 radical (unpaired) electrons. The van der Waals surface area contributed by atoms with Crippen LogP contribution in [0.1, 0.15) is 21.5 Å². The van der Waals surface area contributed by atoms with Crippen molar-refractivity contribution in [2.24, 2.45) is 0 Å². The van der Waals surface area contributed by atoms with Gasteiger partial charge in [0.05, 0.1) is 0 Å². The largest absolute Gasteiger partial charge is 0.487 e. The molecule has 3 rings (SSSR count). The lowest BCUT2D eigenvalue weighted by Crippen LogP contribution is -2.04. The number of thiophene rings is 1. The predicted molar refractivity (Wildman–Crippen MR) is 92.2 cm³/mol. The molecule has 4 heteroatoms. The van der Waals surface area contributed by atoms with Gasteiger partial charge in [-0.05, 0) is 41.6 Å². The van der Waals surface area contributed by atoms with E-state index in [0.717, 1.165) is 21.6 Å². The molecular weight excluding hydrogens is 308 g/mol. The van der Waals surface area contributed by atoms with Crippen LogP contribution in [-0.2, 0) is 6.61 Å². The highest BCUT2D eigenvalue weighted by Gasteiger charge is 2.17. The highest BCUT2D eigenvalue weighted by atomic mass is 32.1. The highest BCUT2D eigenvalue weighted by Crippen LogP contribution is 2.37. The van der Waals surface area contributed by atoms with Gasteiger partial charge in [-0.15, -0.1) is 11.3 Å². The maximum atomic E-state index is 11.5. The Bertz CT molecular complexity index is 822. The Hall–Kier alpha value is -2.59. The van der Waals surface area contributed by atoms with E-state index in [1.54, 1.807) is 23.5 Å². The van der Waals surface area contributed by atoms with E-state index in [1.807, 2.05) is 54.8 Å². The van der Waals surface area contributed by atoms with E-state index < -0.39 is 5.97 Å². The number of para-hydroxylation sites is 1. The molecule has 0 aliphatic carbocycles. The van der Waals surface area contributed by atoms with E-state index in [-0.39, 0.29) is 5.56 Å². The van der Waals surface area contributed by atoms with Crippen molar-refractivity contribution in [2.75, 3.05) is 0 Å². The minimum absolute atomic E-state index is 0.185. The van der Waals surface area contributed by atoms with Crippen molar-refractivity contribution in [3.8, 4) is 16.2 Å². The Kier molecular flexibility index (Phi) is 4.44. The third kappa shape index (κ3) is 3.43. The van der Waals surface area contributed by atoms with Crippen molar-refractivity contribution in [2.45, 2.75) is 13.5 Å². The molecule has 0 saturated heterocycles. The van der Waals surface area contributed by atoms with Crippen LogP contribution in [0.2, 0.25) is 0 Å². The van der Waals surface area contributed by atoms with Crippen LogP contribution in [0.5, 0.6) is 5.75 Å². The molecule has 0 fully saturated rings. The number of hydrogen-bond acceptors (Lipinski definition) is 3. The van der Waals surface area contributed by atoms with E-state index in [1.165, 1.54) is 0 Å². The maximum absolute atomic E-state index is 11.5. The summed E-state index contributed by atoms with van der Waals surface area (Å²) in [6.45, 7) is 2.36. The first kappa shape index (κ1) is 15.3. The molecule has 0 bridgehead atoms. The fourth-order valence-electron chi connectivity index (χ4n) is 2.36. The van der Waals surface area contributed by atoms with E-state index in [2.05, 4.69) is 0 Å². The number of ether oxygens (including phenoxy) is 1. The van der Waals surface area contributed by atoms with Crippen LogP contribution < -0.4 is 4.74 Å². The second-order valence-corrected chi connectivity index (χ2v) is 6.16. The zero-order valence-electron chi connectivity index (χ0n) is 12.7. The Labute approximate surface area is 138 Å². The summed E-state index contributed by atoms with van der Waals surface area (Å²) in [5.74, 6) is -0.561. The molecule has 0 aliphatic heterocycles. The molecule has 1 N–H and O–H groups in total. The lowest BCUT2D eigenvalue weighted by molar-refractivity contribution is 0.0692. The first-order valence-corrected chi connectivity index (χ1v) is 8.11. The summed E-state index contributed by atoms with van der Waals surface area (Å²) in [6, 6.07) is 17.0. The van der Waals surface area contributed by atoms with Crippen LogP contribution in [0, 0.1) is 6.92 Å². The zero-order valence-corrected chi connectivity index (χ0v) is 13.5. The van der Waals surface area contributed by atoms with Crippen molar-refractivity contribution in [1.82, 2.24) is 0 Å². The lowest BCUT2D eigenvalue weighted by Gasteiger charge is -2.13. The van der Waals surface area contributed by atoms with Crippen LogP contribution in [0.3, 0.4) is 0 Å². The summed E-state index contributed by atoms with van der Waals surface area (Å²) in [6.07, 6.45) is 0. The van der Waals surface area contributed by atoms with Crippen LogP contribution >= 0.6 is 11.3 Å². The average molecular weight is 324 g/mol. The van der Waals surface area contributed by atoms with Crippen molar-refractivity contribution in [3.05, 3.63) is 76.7 Å². The summed E-state index contributed by atoms with van der Waals surface area (Å²) in [7, 11) is 0. The number of carbonyl (C=O) groups is 1. The molecule has 0 spiro atoms. The smallest absolute Gasteiger partial charge is 0.339 e. The Balaban J connectivity index is 2.00. The molecule has 0 amide bonds. The zero-order chi connectivity index (χ0) is 16.2. The number of carboxylic acid groups (broad SMARTS) is 1. The van der Waals surface area contributed by atoms with Gasteiger partial charge in [-0.2, -0.15) is 0 Å². The van der Waals surface area contributed by atoms with Gasteiger partial charge in [0.15, 0.2) is 0 Å². The molecule has 116 valence electrons. The molecule has 0 aliphatic rings. The van der Waals surface area contributed by atoms with Crippen molar-refractivity contribution in [1.29, 1.82) is 0 Å². The van der Waals surface area contributed by atoms with Gasteiger partial charge in [-0.3, -0.25) is 0 Å². The van der Waals surface area contributed by atoms with Crippen LogP contribution in [0.4, 0.5) is 0 Å². The fourth-order valence-corrected chi connectivity index (χ4v) is 3.28. The van der Waals surface area contributed by atoms with Gasteiger partial charge in [0.2, 0.25) is 0 Å². The Morgan fingerprint density at radius 3 is 2.57 bits per heavy atom. The van der Waals surface area contributed by atoms with Gasteiger partial charge >= 0.3 is 5.97 Å². The molecule has 2 aromatic carbocycles. The van der Waals surface area contributed by atoms with Crippen molar-refractivity contribution >= 4 is 17.3 Å². The van der Waals surface area contributed by atoms with E-state index in [0.29, 0.717) is 12.4 Å². The summed E-state index contributed by atoms with van der Waals surface area (Å²) in [5.41, 5.74) is 3.16. The third-order valence-electron chi connectivity index (χ3n) is 3.47. The number of hydrogen-bond donors (Lipinski definition) is 1. The second-order valence-electron chi connectivity index (χ2n) is 5.25. The highest BCUT2D eigenvalue weighted by molar-refractivity contribution is 7.13. The molecular formula is C19H16O3S. The molecule has 3 aromatic rings. The summed E-state index contributed by atoms with van der Waals surface area (Å²) in [4.78, 5) is 12.6. The SMILES string of the molecule is Cc1csc(-c2cccc(C(=O)O)c2OCc2ccccc2)c1. The van der Waals surface area contributed by atoms with Crippen LogP contribution in [0.15, 0.2) is 60.0 Å². The first-order valence-electron chi connectivity index (χ1n) is 7.23. The van der Waals surface area contributed by atoms with Gasteiger partial charge in [-0.25, -0.2) is 4.79 Å². The normalized spacial score (nSPS) is 10.5. The predicted octanol–water partition coefficient (Wildman–Crippen LogP) is 5.00. The van der Waals surface area contributed by atoms with E-state index in [9.17, 15) is 9.90 Å². The lowest BCUT2D eigenvalue weighted by atomic mass is 10.1. The third-order valence-corrected chi connectivity index (χ3v) is 4.55. The summed E-state index contributed by atoms with van der Waals surface area (Å²) < 4.78 is 5.91. The van der Waals surface area contributed by atoms with Crippen molar-refractivity contribution in [3.63, 3.8) is 0 Å². The van der Waals surface area contributed by atoms with Gasteiger partial charge in [0, 0.05) is 10.4 Å². The van der Waals surface area contributed by atoms with Crippen LogP contribution in [-0.4, -0.2) is 11.1 Å².